The standard InChI is InChI=1S/C13H19N5O2/c1-20-10(3-2-8-4-9(19)5-8)18-7-17-11-12(14)15-6-16-13(11)18/h6-10,19H,2-5H2,1H3,(H2,14,15,16). The third-order valence-corrected chi connectivity index (χ3v) is 4.00. The quantitative estimate of drug-likeness (QED) is 0.849. The van der Waals surface area contributed by atoms with Gasteiger partial charge in [0.15, 0.2) is 11.5 Å². The number of anilines is 1. The second kappa shape index (κ2) is 5.34. The summed E-state index contributed by atoms with van der Waals surface area (Å²) in [7, 11) is 1.68. The van der Waals surface area contributed by atoms with E-state index < -0.39 is 0 Å². The van der Waals surface area contributed by atoms with Gasteiger partial charge >= 0.3 is 0 Å². The molecule has 2 aromatic heterocycles. The maximum absolute atomic E-state index is 9.32. The first kappa shape index (κ1) is 13.3. The fourth-order valence-electron chi connectivity index (χ4n) is 2.77. The van der Waals surface area contributed by atoms with Gasteiger partial charge in [0.1, 0.15) is 18.1 Å². The van der Waals surface area contributed by atoms with Gasteiger partial charge in [-0.25, -0.2) is 15.0 Å². The lowest BCUT2D eigenvalue weighted by molar-refractivity contribution is 0.00588. The van der Waals surface area contributed by atoms with Crippen LogP contribution in [0.15, 0.2) is 12.7 Å². The normalized spacial score (nSPS) is 23.7. The number of nitrogens with zero attached hydrogens (tertiary/aromatic N) is 4. The molecule has 2 heterocycles. The van der Waals surface area contributed by atoms with Crippen LogP contribution < -0.4 is 5.73 Å². The van der Waals surface area contributed by atoms with Crippen LogP contribution in [-0.2, 0) is 4.74 Å². The lowest BCUT2D eigenvalue weighted by atomic mass is 9.79. The Morgan fingerprint density at radius 2 is 2.25 bits per heavy atom. The summed E-state index contributed by atoms with van der Waals surface area (Å²) >= 11 is 0. The van der Waals surface area contributed by atoms with Crippen molar-refractivity contribution >= 4 is 17.0 Å². The Hall–Kier alpha value is -1.73. The molecule has 0 spiro atoms. The maximum atomic E-state index is 9.32. The molecule has 20 heavy (non-hydrogen) atoms. The van der Waals surface area contributed by atoms with E-state index in [9.17, 15) is 5.11 Å². The van der Waals surface area contributed by atoms with Crippen LogP contribution >= 0.6 is 0 Å². The van der Waals surface area contributed by atoms with E-state index in [0.29, 0.717) is 22.9 Å². The number of fused-ring (bicyclic) bond motifs is 1. The second-order valence-corrected chi connectivity index (χ2v) is 5.34. The molecule has 1 aliphatic rings. The van der Waals surface area contributed by atoms with Crippen molar-refractivity contribution in [2.45, 2.75) is 38.0 Å². The highest BCUT2D eigenvalue weighted by molar-refractivity contribution is 5.81. The zero-order chi connectivity index (χ0) is 14.1. The first-order chi connectivity index (χ1) is 9.69. The molecule has 7 nitrogen and oxygen atoms in total. The third-order valence-electron chi connectivity index (χ3n) is 4.00. The van der Waals surface area contributed by atoms with Gasteiger partial charge in [-0.15, -0.1) is 0 Å². The summed E-state index contributed by atoms with van der Waals surface area (Å²) in [5, 5.41) is 9.32. The molecule has 0 radical (unpaired) electrons. The van der Waals surface area contributed by atoms with Gasteiger partial charge < -0.3 is 15.6 Å². The molecule has 108 valence electrons. The summed E-state index contributed by atoms with van der Waals surface area (Å²) in [6.45, 7) is 0. The van der Waals surface area contributed by atoms with Crippen molar-refractivity contribution in [2.24, 2.45) is 5.92 Å². The van der Waals surface area contributed by atoms with Crippen LogP contribution in [0.4, 0.5) is 5.82 Å². The number of hydrogen-bond acceptors (Lipinski definition) is 6. The topological polar surface area (TPSA) is 99.1 Å². The predicted octanol–water partition coefficient (Wildman–Crippen LogP) is 1.10. The summed E-state index contributed by atoms with van der Waals surface area (Å²) in [6, 6.07) is 0. The number of hydrogen-bond donors (Lipinski definition) is 2. The van der Waals surface area contributed by atoms with Crippen molar-refractivity contribution in [2.75, 3.05) is 12.8 Å². The molecule has 1 saturated carbocycles. The third kappa shape index (κ3) is 2.34. The lowest BCUT2D eigenvalue weighted by Crippen LogP contribution is -2.28. The molecule has 2 aromatic rings. The first-order valence-electron chi connectivity index (χ1n) is 6.83. The molecule has 3 N–H and O–H groups in total. The highest BCUT2D eigenvalue weighted by atomic mass is 16.5. The molecule has 0 saturated heterocycles. The fraction of sp³-hybridized carbons (Fsp3) is 0.615. The Labute approximate surface area is 116 Å². The molecule has 1 atom stereocenters. The fourth-order valence-corrected chi connectivity index (χ4v) is 2.77. The van der Waals surface area contributed by atoms with E-state index in [4.69, 9.17) is 10.5 Å². The molecule has 1 fully saturated rings. The van der Waals surface area contributed by atoms with Crippen LogP contribution in [0, 0.1) is 5.92 Å². The van der Waals surface area contributed by atoms with E-state index in [1.165, 1.54) is 6.33 Å². The number of aliphatic hydroxyl groups excluding tert-OH is 1. The van der Waals surface area contributed by atoms with Crippen LogP contribution in [0.1, 0.15) is 31.9 Å². The molecule has 0 bridgehead atoms. The predicted molar refractivity (Wildman–Crippen MR) is 73.7 cm³/mol. The summed E-state index contributed by atoms with van der Waals surface area (Å²) in [4.78, 5) is 12.4. The van der Waals surface area contributed by atoms with Crippen LogP contribution in [0.2, 0.25) is 0 Å². The van der Waals surface area contributed by atoms with Crippen LogP contribution in [0.3, 0.4) is 0 Å². The SMILES string of the molecule is COC(CCC1CC(O)C1)n1cnc2c(N)ncnc21. The van der Waals surface area contributed by atoms with Crippen LogP contribution in [0.5, 0.6) is 0 Å². The minimum atomic E-state index is -0.118. The highest BCUT2D eigenvalue weighted by Crippen LogP contribution is 2.33. The van der Waals surface area contributed by atoms with Crippen LogP contribution in [-0.4, -0.2) is 37.8 Å². The van der Waals surface area contributed by atoms with Crippen molar-refractivity contribution in [3.8, 4) is 0 Å². The van der Waals surface area contributed by atoms with E-state index in [2.05, 4.69) is 15.0 Å². The van der Waals surface area contributed by atoms with E-state index in [-0.39, 0.29) is 12.3 Å². The summed E-state index contributed by atoms with van der Waals surface area (Å²) < 4.78 is 7.44. The molecule has 7 heteroatoms. The lowest BCUT2D eigenvalue weighted by Gasteiger charge is -2.32. The van der Waals surface area contributed by atoms with Gasteiger partial charge in [0.05, 0.1) is 12.4 Å². The average Bonchev–Trinajstić information content (AvgIpc) is 2.83. The minimum Gasteiger partial charge on any atom is -0.393 e. The summed E-state index contributed by atoms with van der Waals surface area (Å²) in [5.41, 5.74) is 7.08. The zero-order valence-corrected chi connectivity index (χ0v) is 11.4. The monoisotopic (exact) mass is 277 g/mol. The van der Waals surface area contributed by atoms with E-state index in [1.54, 1.807) is 13.4 Å². The number of ether oxygens (including phenoxy) is 1. The van der Waals surface area contributed by atoms with Crippen molar-refractivity contribution in [3.63, 3.8) is 0 Å². The highest BCUT2D eigenvalue weighted by Gasteiger charge is 2.28. The van der Waals surface area contributed by atoms with Gasteiger partial charge in [-0.1, -0.05) is 0 Å². The molecule has 0 aromatic carbocycles. The molecule has 0 aliphatic heterocycles. The number of rotatable bonds is 5. The molecule has 1 unspecified atom stereocenters. The molecule has 0 amide bonds. The summed E-state index contributed by atoms with van der Waals surface area (Å²) in [6.07, 6.45) is 6.59. The molecular weight excluding hydrogens is 258 g/mol. The molecule has 3 rings (SSSR count). The Morgan fingerprint density at radius 1 is 1.45 bits per heavy atom. The van der Waals surface area contributed by atoms with Crippen molar-refractivity contribution < 1.29 is 9.84 Å². The number of imidazole rings is 1. The van der Waals surface area contributed by atoms with Crippen molar-refractivity contribution in [1.29, 1.82) is 0 Å². The van der Waals surface area contributed by atoms with Gasteiger partial charge in [0.25, 0.3) is 0 Å². The van der Waals surface area contributed by atoms with Gasteiger partial charge in [0.2, 0.25) is 0 Å². The smallest absolute Gasteiger partial charge is 0.167 e. The Morgan fingerprint density at radius 3 is 2.95 bits per heavy atom. The van der Waals surface area contributed by atoms with Crippen molar-refractivity contribution in [3.05, 3.63) is 12.7 Å². The van der Waals surface area contributed by atoms with Crippen molar-refractivity contribution in [1.82, 2.24) is 19.5 Å². The Balaban J connectivity index is 1.75. The summed E-state index contributed by atoms with van der Waals surface area (Å²) in [5.74, 6) is 0.975. The van der Waals surface area contributed by atoms with Gasteiger partial charge in [0, 0.05) is 7.11 Å². The minimum absolute atomic E-state index is 0.109. The van der Waals surface area contributed by atoms with Gasteiger partial charge in [-0.05, 0) is 31.6 Å². The molecular formula is C13H19N5O2. The zero-order valence-electron chi connectivity index (χ0n) is 11.4. The number of nitrogens with two attached hydrogens (primary N) is 1. The van der Waals surface area contributed by atoms with E-state index >= 15 is 0 Å². The Kier molecular flexibility index (Phi) is 3.54. The van der Waals surface area contributed by atoms with E-state index in [0.717, 1.165) is 25.7 Å². The Bertz CT molecular complexity index is 593. The van der Waals surface area contributed by atoms with Crippen LogP contribution in [0.25, 0.3) is 11.2 Å². The number of nitrogen functional groups attached to an aromatic ring is 1. The second-order valence-electron chi connectivity index (χ2n) is 5.34. The number of aliphatic hydroxyl groups is 1. The molecule has 1 aliphatic carbocycles. The van der Waals surface area contributed by atoms with Gasteiger partial charge in [-0.2, -0.15) is 0 Å². The number of aromatic nitrogens is 4. The van der Waals surface area contributed by atoms with Gasteiger partial charge in [-0.3, -0.25) is 4.57 Å². The largest absolute Gasteiger partial charge is 0.393 e. The first-order valence-corrected chi connectivity index (χ1v) is 6.83. The number of methoxy groups -OCH3 is 1. The average molecular weight is 277 g/mol. The maximum Gasteiger partial charge on any atom is 0.167 e. The van der Waals surface area contributed by atoms with E-state index in [1.807, 2.05) is 4.57 Å².